The summed E-state index contributed by atoms with van der Waals surface area (Å²) in [6, 6.07) is 7.86. The van der Waals surface area contributed by atoms with Crippen LogP contribution in [0.2, 0.25) is 0 Å². The van der Waals surface area contributed by atoms with Gasteiger partial charge in [0.15, 0.2) is 0 Å². The van der Waals surface area contributed by atoms with Crippen molar-refractivity contribution in [3.8, 4) is 0 Å². The molecule has 2 N–H and O–H groups in total. The maximum absolute atomic E-state index is 5.75. The van der Waals surface area contributed by atoms with Gasteiger partial charge in [-0.3, -0.25) is 0 Å². The molecule has 15 heavy (non-hydrogen) atoms. The minimum absolute atomic E-state index is 0.782. The Kier molecular flexibility index (Phi) is 3.92. The standard InChI is InChI=1S/C14H17N/c1-4-6-12(9-11(2)3)13-7-5-8-14(15)10-13/h4-10H,2,15H2,1,3H3/b6-4-,12-9+. The third-order valence-electron chi connectivity index (χ3n) is 1.97. The second-order valence-electron chi connectivity index (χ2n) is 3.57. The van der Waals surface area contributed by atoms with Crippen molar-refractivity contribution in [1.82, 2.24) is 0 Å². The Bertz CT molecular complexity index is 411. The van der Waals surface area contributed by atoms with Gasteiger partial charge in [0.2, 0.25) is 0 Å². The molecule has 1 aromatic rings. The molecule has 1 heteroatoms. The molecule has 1 rings (SSSR count). The Morgan fingerprint density at radius 3 is 2.67 bits per heavy atom. The summed E-state index contributed by atoms with van der Waals surface area (Å²) in [5, 5.41) is 0. The normalized spacial score (nSPS) is 12.0. The zero-order chi connectivity index (χ0) is 11.3. The molecule has 0 saturated heterocycles. The summed E-state index contributed by atoms with van der Waals surface area (Å²) in [6.07, 6.45) is 6.12. The second kappa shape index (κ2) is 5.20. The maximum atomic E-state index is 5.75. The zero-order valence-corrected chi connectivity index (χ0v) is 9.33. The molecule has 0 saturated carbocycles. The molecule has 0 aliphatic carbocycles. The van der Waals surface area contributed by atoms with E-state index in [2.05, 4.69) is 18.7 Å². The highest BCUT2D eigenvalue weighted by molar-refractivity contribution is 5.77. The molecule has 0 aliphatic heterocycles. The summed E-state index contributed by atoms with van der Waals surface area (Å²) < 4.78 is 0. The van der Waals surface area contributed by atoms with E-state index in [1.165, 1.54) is 0 Å². The van der Waals surface area contributed by atoms with Crippen LogP contribution in [0.1, 0.15) is 19.4 Å². The molecule has 1 aromatic carbocycles. The molecule has 0 unspecified atom stereocenters. The van der Waals surface area contributed by atoms with E-state index in [9.17, 15) is 0 Å². The fraction of sp³-hybridized carbons (Fsp3) is 0.143. The summed E-state index contributed by atoms with van der Waals surface area (Å²) in [6.45, 7) is 7.86. The lowest BCUT2D eigenvalue weighted by molar-refractivity contribution is 1.53. The van der Waals surface area contributed by atoms with Gasteiger partial charge in [0.05, 0.1) is 0 Å². The van der Waals surface area contributed by atoms with E-state index >= 15 is 0 Å². The lowest BCUT2D eigenvalue weighted by Gasteiger charge is -2.04. The van der Waals surface area contributed by atoms with Crippen LogP contribution in [0.3, 0.4) is 0 Å². The van der Waals surface area contributed by atoms with Crippen LogP contribution in [0, 0.1) is 0 Å². The molecule has 78 valence electrons. The highest BCUT2D eigenvalue weighted by Crippen LogP contribution is 2.19. The topological polar surface area (TPSA) is 26.0 Å². The van der Waals surface area contributed by atoms with E-state index in [1.807, 2.05) is 44.2 Å². The van der Waals surface area contributed by atoms with E-state index in [-0.39, 0.29) is 0 Å². The quantitative estimate of drug-likeness (QED) is 0.581. The first-order valence-corrected chi connectivity index (χ1v) is 4.99. The van der Waals surface area contributed by atoms with Crippen LogP contribution < -0.4 is 5.73 Å². The highest BCUT2D eigenvalue weighted by atomic mass is 14.5. The zero-order valence-electron chi connectivity index (χ0n) is 9.33. The van der Waals surface area contributed by atoms with Gasteiger partial charge in [0.25, 0.3) is 0 Å². The van der Waals surface area contributed by atoms with Gasteiger partial charge in [0, 0.05) is 5.69 Å². The summed E-state index contributed by atoms with van der Waals surface area (Å²) in [5.41, 5.74) is 9.82. The van der Waals surface area contributed by atoms with Gasteiger partial charge in [-0.15, -0.1) is 0 Å². The molecule has 0 bridgehead atoms. The third kappa shape index (κ3) is 3.47. The van der Waals surface area contributed by atoms with Crippen molar-refractivity contribution in [1.29, 1.82) is 0 Å². The van der Waals surface area contributed by atoms with E-state index in [1.54, 1.807) is 0 Å². The van der Waals surface area contributed by atoms with Crippen molar-refractivity contribution in [2.24, 2.45) is 0 Å². The molecule has 0 amide bonds. The van der Waals surface area contributed by atoms with Crippen molar-refractivity contribution >= 4 is 11.3 Å². The van der Waals surface area contributed by atoms with Crippen molar-refractivity contribution in [2.45, 2.75) is 13.8 Å². The van der Waals surface area contributed by atoms with Crippen molar-refractivity contribution in [3.63, 3.8) is 0 Å². The number of benzene rings is 1. The van der Waals surface area contributed by atoms with Crippen LogP contribution in [0.25, 0.3) is 5.57 Å². The van der Waals surface area contributed by atoms with Gasteiger partial charge >= 0.3 is 0 Å². The summed E-state index contributed by atoms with van der Waals surface area (Å²) in [7, 11) is 0. The number of hydrogen-bond acceptors (Lipinski definition) is 1. The van der Waals surface area contributed by atoms with E-state index in [4.69, 9.17) is 5.73 Å². The lowest BCUT2D eigenvalue weighted by atomic mass is 10.0. The molecule has 0 radical (unpaired) electrons. The monoisotopic (exact) mass is 199 g/mol. The van der Waals surface area contributed by atoms with Crippen molar-refractivity contribution in [3.05, 3.63) is 60.2 Å². The van der Waals surface area contributed by atoms with Crippen LogP contribution in [-0.4, -0.2) is 0 Å². The average molecular weight is 199 g/mol. The fourth-order valence-corrected chi connectivity index (χ4v) is 1.39. The molecular weight excluding hydrogens is 182 g/mol. The van der Waals surface area contributed by atoms with E-state index in [0.29, 0.717) is 0 Å². The van der Waals surface area contributed by atoms with Crippen LogP contribution >= 0.6 is 0 Å². The summed E-state index contributed by atoms with van der Waals surface area (Å²) in [4.78, 5) is 0. The fourth-order valence-electron chi connectivity index (χ4n) is 1.39. The summed E-state index contributed by atoms with van der Waals surface area (Å²) in [5.74, 6) is 0. The predicted octanol–water partition coefficient (Wildman–Crippen LogP) is 3.80. The number of nitrogen functional groups attached to an aromatic ring is 1. The van der Waals surface area contributed by atoms with Gasteiger partial charge in [-0.05, 0) is 37.1 Å². The van der Waals surface area contributed by atoms with Crippen LogP contribution in [0.5, 0.6) is 0 Å². The molecule has 0 aromatic heterocycles. The van der Waals surface area contributed by atoms with Crippen LogP contribution in [0.15, 0.2) is 54.6 Å². The smallest absolute Gasteiger partial charge is 0.0320 e. The highest BCUT2D eigenvalue weighted by Gasteiger charge is 1.97. The molecule has 0 spiro atoms. The Balaban J connectivity index is 3.15. The van der Waals surface area contributed by atoms with Gasteiger partial charge in [-0.25, -0.2) is 0 Å². The maximum Gasteiger partial charge on any atom is 0.0320 e. The number of hydrogen-bond donors (Lipinski definition) is 1. The average Bonchev–Trinajstić information content (AvgIpc) is 2.16. The third-order valence-corrected chi connectivity index (χ3v) is 1.97. The van der Waals surface area contributed by atoms with Crippen LogP contribution in [-0.2, 0) is 0 Å². The molecule has 0 fully saturated rings. The first-order chi connectivity index (χ1) is 7.13. The second-order valence-corrected chi connectivity index (χ2v) is 3.57. The van der Waals surface area contributed by atoms with Gasteiger partial charge in [0.1, 0.15) is 0 Å². The molecular formula is C14H17N. The molecule has 1 nitrogen and oxygen atoms in total. The SMILES string of the molecule is C=C(C)/C=C(\C=C/C)c1cccc(N)c1. The largest absolute Gasteiger partial charge is 0.399 e. The predicted molar refractivity (Wildman–Crippen MR) is 68.5 cm³/mol. The minimum atomic E-state index is 0.782. The first-order valence-electron chi connectivity index (χ1n) is 4.99. The van der Waals surface area contributed by atoms with Gasteiger partial charge in [-0.1, -0.05) is 42.5 Å². The molecule has 0 atom stereocenters. The van der Waals surface area contributed by atoms with Crippen molar-refractivity contribution < 1.29 is 0 Å². The van der Waals surface area contributed by atoms with Crippen LogP contribution in [0.4, 0.5) is 5.69 Å². The number of anilines is 1. The minimum Gasteiger partial charge on any atom is -0.399 e. The number of allylic oxidation sites excluding steroid dienone is 5. The van der Waals surface area contributed by atoms with Gasteiger partial charge < -0.3 is 5.73 Å². The Morgan fingerprint density at radius 2 is 2.13 bits per heavy atom. The molecule has 0 heterocycles. The van der Waals surface area contributed by atoms with Crippen molar-refractivity contribution in [2.75, 3.05) is 5.73 Å². The molecule has 0 aliphatic rings. The lowest BCUT2D eigenvalue weighted by Crippen LogP contribution is -1.87. The first kappa shape index (κ1) is 11.3. The summed E-state index contributed by atoms with van der Waals surface area (Å²) >= 11 is 0. The van der Waals surface area contributed by atoms with Gasteiger partial charge in [-0.2, -0.15) is 0 Å². The Hall–Kier alpha value is -1.76. The van der Waals surface area contributed by atoms with E-state index < -0.39 is 0 Å². The Labute approximate surface area is 91.6 Å². The Morgan fingerprint density at radius 1 is 1.40 bits per heavy atom. The number of nitrogens with two attached hydrogens (primary N) is 1. The number of rotatable bonds is 3. The van der Waals surface area contributed by atoms with E-state index in [0.717, 1.165) is 22.4 Å².